The van der Waals surface area contributed by atoms with E-state index in [9.17, 15) is 9.90 Å². The summed E-state index contributed by atoms with van der Waals surface area (Å²) in [6.07, 6.45) is -2.94. The maximum absolute atomic E-state index is 16.6. The van der Waals surface area contributed by atoms with Crippen molar-refractivity contribution in [1.82, 2.24) is 24.6 Å². The van der Waals surface area contributed by atoms with E-state index in [4.69, 9.17) is 36.1 Å². The molecule has 2 aromatic carbocycles. The number of carbonyl (C=O) groups excluding carboxylic acids is 1. The van der Waals surface area contributed by atoms with Crippen LogP contribution in [0.1, 0.15) is 40.8 Å². The number of carbonyl (C=O) groups is 1. The van der Waals surface area contributed by atoms with Gasteiger partial charge in [0.15, 0.2) is 35.0 Å². The molecular weight excluding hydrogens is 655 g/mol. The van der Waals surface area contributed by atoms with Crippen molar-refractivity contribution in [3.05, 3.63) is 48.8 Å². The fourth-order valence-corrected chi connectivity index (χ4v) is 7.41. The van der Waals surface area contributed by atoms with Gasteiger partial charge in [-0.1, -0.05) is 57.2 Å². The Hall–Kier alpha value is -3.53. The number of anilines is 2. The molecule has 1 aliphatic heterocycles. The van der Waals surface area contributed by atoms with Gasteiger partial charge in [0, 0.05) is 12.4 Å². The van der Waals surface area contributed by atoms with Crippen LogP contribution in [-0.2, 0) is 30.6 Å². The highest BCUT2D eigenvalue weighted by molar-refractivity contribution is 8.09. The van der Waals surface area contributed by atoms with Crippen molar-refractivity contribution in [3.8, 4) is 5.75 Å². The lowest BCUT2D eigenvalue weighted by atomic mass is 9.97. The van der Waals surface area contributed by atoms with Gasteiger partial charge in [-0.15, -0.1) is 0 Å². The van der Waals surface area contributed by atoms with E-state index < -0.39 is 49.1 Å². The van der Waals surface area contributed by atoms with Gasteiger partial charge < -0.3 is 34.7 Å². The van der Waals surface area contributed by atoms with E-state index in [0.717, 1.165) is 16.9 Å². The number of nitrogens with two attached hydrogens (primary N) is 1. The number of aliphatic hydroxyl groups is 1. The van der Waals surface area contributed by atoms with Crippen LogP contribution in [0.5, 0.6) is 5.75 Å². The summed E-state index contributed by atoms with van der Waals surface area (Å²) in [5.41, 5.74) is 3.07. The quantitative estimate of drug-likeness (QED) is 0.125. The van der Waals surface area contributed by atoms with Crippen LogP contribution in [-0.4, -0.2) is 74.5 Å². The summed E-state index contributed by atoms with van der Waals surface area (Å²) in [5, 5.41) is 18.2. The van der Waals surface area contributed by atoms with Crippen molar-refractivity contribution in [3.63, 3.8) is 0 Å². The molecule has 0 amide bonds. The Morgan fingerprint density at radius 3 is 2.64 bits per heavy atom. The third-order valence-electron chi connectivity index (χ3n) is 7.41. The van der Waals surface area contributed by atoms with Crippen LogP contribution < -0.4 is 20.7 Å². The van der Waals surface area contributed by atoms with Gasteiger partial charge in [-0.05, 0) is 42.5 Å². The van der Waals surface area contributed by atoms with E-state index in [1.54, 1.807) is 31.3 Å². The SMILES string of the molecule is CNc1nc(N)nc2c1ncn2[C@@H]1O[C@](F)(CO[P@@](=S)(N[C@@H](C)C(=O)OCC(C)(C)C)Oc2cccc3ccccc23)[C@@H](O)[C@@]1(C)F. The van der Waals surface area contributed by atoms with Crippen LogP contribution in [0.4, 0.5) is 20.5 Å². The van der Waals surface area contributed by atoms with E-state index in [0.29, 0.717) is 11.1 Å². The Labute approximate surface area is 275 Å². The number of hydrogen-bond acceptors (Lipinski definition) is 12. The molecule has 254 valence electrons. The largest absolute Gasteiger partial charge is 0.464 e. The molecule has 1 fully saturated rings. The van der Waals surface area contributed by atoms with Gasteiger partial charge >= 0.3 is 12.6 Å². The minimum absolute atomic E-state index is 0.0433. The maximum atomic E-state index is 16.6. The Bertz CT molecular complexity index is 1830. The third kappa shape index (κ3) is 7.17. The fraction of sp³-hybridized carbons (Fsp3) is 0.467. The normalized spacial score (nSPS) is 25.0. The van der Waals surface area contributed by atoms with Crippen molar-refractivity contribution in [1.29, 1.82) is 0 Å². The Balaban J connectivity index is 1.44. The molecule has 6 atom stereocenters. The molecule has 3 heterocycles. The maximum Gasteiger partial charge on any atom is 0.323 e. The number of hydrogen-bond donors (Lipinski definition) is 4. The number of alkyl halides is 2. The minimum atomic E-state index is -3.86. The highest BCUT2D eigenvalue weighted by atomic mass is 32.5. The zero-order valence-electron chi connectivity index (χ0n) is 26.7. The number of nitrogens with one attached hydrogen (secondary N) is 2. The Morgan fingerprint density at radius 2 is 1.94 bits per heavy atom. The van der Waals surface area contributed by atoms with Crippen LogP contribution in [0.3, 0.4) is 0 Å². The van der Waals surface area contributed by atoms with E-state index in [2.05, 4.69) is 25.4 Å². The molecule has 1 saturated heterocycles. The number of rotatable bonds is 11. The molecule has 47 heavy (non-hydrogen) atoms. The number of nitrogens with zero attached hydrogens (tertiary/aromatic N) is 4. The van der Waals surface area contributed by atoms with Crippen LogP contribution >= 0.6 is 6.64 Å². The van der Waals surface area contributed by atoms with Crippen molar-refractivity contribution < 1.29 is 37.2 Å². The first-order valence-electron chi connectivity index (χ1n) is 14.7. The first kappa shape index (κ1) is 34.8. The van der Waals surface area contributed by atoms with E-state index >= 15 is 8.78 Å². The summed E-state index contributed by atoms with van der Waals surface area (Å²) in [4.78, 5) is 25.3. The van der Waals surface area contributed by atoms with Crippen LogP contribution in [0.25, 0.3) is 21.9 Å². The number of halogens is 2. The van der Waals surface area contributed by atoms with Gasteiger partial charge in [-0.25, -0.2) is 18.9 Å². The molecule has 5 N–H and O–H groups in total. The molecule has 4 aromatic rings. The topological polar surface area (TPSA) is 168 Å². The summed E-state index contributed by atoms with van der Waals surface area (Å²) in [7, 11) is 1.59. The molecule has 0 saturated carbocycles. The summed E-state index contributed by atoms with van der Waals surface area (Å²) in [5.74, 6) is -3.38. The molecule has 0 unspecified atom stereocenters. The van der Waals surface area contributed by atoms with Gasteiger partial charge in [0.1, 0.15) is 18.4 Å². The molecule has 0 aliphatic carbocycles. The van der Waals surface area contributed by atoms with Crippen LogP contribution in [0.15, 0.2) is 48.8 Å². The highest BCUT2D eigenvalue weighted by Gasteiger charge is 2.65. The molecule has 1 aliphatic rings. The number of esters is 1. The Morgan fingerprint density at radius 1 is 1.23 bits per heavy atom. The molecule has 0 spiro atoms. The van der Waals surface area contributed by atoms with Crippen molar-refractivity contribution in [2.24, 2.45) is 5.41 Å². The van der Waals surface area contributed by atoms with Crippen LogP contribution in [0.2, 0.25) is 0 Å². The summed E-state index contributed by atoms with van der Waals surface area (Å²) in [6, 6.07) is 11.5. The van der Waals surface area contributed by atoms with Gasteiger partial charge in [0.2, 0.25) is 5.95 Å². The number of aliphatic hydroxyl groups excluding tert-OH is 1. The number of ether oxygens (including phenoxy) is 2. The first-order valence-corrected chi connectivity index (χ1v) is 17.4. The van der Waals surface area contributed by atoms with E-state index in [1.165, 1.54) is 13.3 Å². The summed E-state index contributed by atoms with van der Waals surface area (Å²) < 4.78 is 57.0. The van der Waals surface area contributed by atoms with Gasteiger partial charge in [-0.3, -0.25) is 9.36 Å². The number of benzene rings is 2. The lowest BCUT2D eigenvalue weighted by Crippen LogP contribution is -2.47. The number of fused-ring (bicyclic) bond motifs is 2. The molecular formula is C30H38F2N7O6PS. The molecule has 0 radical (unpaired) electrons. The minimum Gasteiger partial charge on any atom is -0.464 e. The average molecular weight is 694 g/mol. The zero-order chi connectivity index (χ0) is 34.4. The fourth-order valence-electron chi connectivity index (χ4n) is 5.01. The lowest BCUT2D eigenvalue weighted by molar-refractivity contribution is -0.202. The second-order valence-electron chi connectivity index (χ2n) is 12.7. The van der Waals surface area contributed by atoms with E-state index in [-0.39, 0.29) is 35.0 Å². The predicted octanol–water partition coefficient (Wildman–Crippen LogP) is 4.77. The van der Waals surface area contributed by atoms with Crippen molar-refractivity contribution in [2.45, 2.75) is 64.5 Å². The second kappa shape index (κ2) is 12.8. The molecule has 13 nitrogen and oxygen atoms in total. The first-order chi connectivity index (χ1) is 22.0. The second-order valence-corrected chi connectivity index (χ2v) is 15.8. The van der Waals surface area contributed by atoms with Crippen molar-refractivity contribution >= 4 is 58.1 Å². The summed E-state index contributed by atoms with van der Waals surface area (Å²) in [6.45, 7) is 3.40. The molecule has 2 aromatic heterocycles. The van der Waals surface area contributed by atoms with Crippen molar-refractivity contribution in [2.75, 3.05) is 31.3 Å². The average Bonchev–Trinajstić information content (AvgIpc) is 3.50. The molecule has 5 rings (SSSR count). The highest BCUT2D eigenvalue weighted by Crippen LogP contribution is 2.53. The number of nitrogen functional groups attached to an aromatic ring is 1. The summed E-state index contributed by atoms with van der Waals surface area (Å²) >= 11 is 5.79. The molecule has 17 heteroatoms. The number of aromatic nitrogens is 4. The van der Waals surface area contributed by atoms with Gasteiger partial charge in [0.25, 0.3) is 5.85 Å². The Kier molecular flexibility index (Phi) is 9.49. The predicted molar refractivity (Wildman–Crippen MR) is 177 cm³/mol. The van der Waals surface area contributed by atoms with Gasteiger partial charge in [-0.2, -0.15) is 9.97 Å². The van der Waals surface area contributed by atoms with Crippen LogP contribution in [0, 0.1) is 5.41 Å². The van der Waals surface area contributed by atoms with Gasteiger partial charge in [0.05, 0.1) is 12.9 Å². The monoisotopic (exact) mass is 693 g/mol. The van der Waals surface area contributed by atoms with E-state index in [1.807, 2.05) is 39.0 Å². The smallest absolute Gasteiger partial charge is 0.323 e. The molecule has 0 bridgehead atoms. The third-order valence-corrected chi connectivity index (χ3v) is 9.88. The standard InChI is InChI=1S/C30H38F2N7O6PS/c1-17(24(40)42-14-28(2,3)4)38-46(47,45-20-13-9-11-18-10-7-8-12-19(18)20)43-15-30(32)25(41)29(5,31)26(44-30)39-16-35-21-22(34-6)36-27(33)37-23(21)39/h7-13,16-17,25-26,41H,14-15H2,1-6H3,(H,38,47)(H3,33,34,36,37)/t17-,25-,26+,29+,30+,46-/m0/s1. The lowest BCUT2D eigenvalue weighted by Gasteiger charge is -2.30. The number of imidazole rings is 1. The zero-order valence-corrected chi connectivity index (χ0v) is 28.4.